The van der Waals surface area contributed by atoms with E-state index in [1.807, 2.05) is 0 Å². The number of rotatable bonds is 6. The fraction of sp³-hybridized carbons (Fsp3) is 0.267. The number of aromatic nitrogens is 2. The Balaban J connectivity index is 1.97. The summed E-state index contributed by atoms with van der Waals surface area (Å²) < 4.78 is 0. The van der Waals surface area contributed by atoms with Crippen LogP contribution in [0.5, 0.6) is 0 Å². The van der Waals surface area contributed by atoms with Gasteiger partial charge in [0.1, 0.15) is 0 Å². The zero-order valence-corrected chi connectivity index (χ0v) is 13.3. The van der Waals surface area contributed by atoms with Crippen LogP contribution < -0.4 is 11.0 Å². The van der Waals surface area contributed by atoms with Gasteiger partial charge < -0.3 is 5.10 Å². The van der Waals surface area contributed by atoms with E-state index in [4.69, 9.17) is 0 Å². The molecule has 0 aliphatic rings. The SMILES string of the molecule is C/C(=N/NC(=O)CCc1c(C)[nH][nH]c1=O)c1cccc([N+](=O)[O-])c1. The molecule has 126 valence electrons. The van der Waals surface area contributed by atoms with Gasteiger partial charge in [0.05, 0.1) is 10.6 Å². The maximum absolute atomic E-state index is 11.8. The molecular weight excluding hydrogens is 314 g/mol. The first-order valence-electron chi connectivity index (χ1n) is 7.22. The minimum absolute atomic E-state index is 0.0458. The van der Waals surface area contributed by atoms with E-state index in [2.05, 4.69) is 20.7 Å². The molecule has 0 atom stereocenters. The van der Waals surface area contributed by atoms with Crippen LogP contribution in [0.15, 0.2) is 34.2 Å². The third-order valence-electron chi connectivity index (χ3n) is 3.52. The van der Waals surface area contributed by atoms with Crippen molar-refractivity contribution in [3.63, 3.8) is 0 Å². The highest BCUT2D eigenvalue weighted by atomic mass is 16.6. The average molecular weight is 331 g/mol. The molecule has 0 aliphatic heterocycles. The monoisotopic (exact) mass is 331 g/mol. The summed E-state index contributed by atoms with van der Waals surface area (Å²) in [5, 5.41) is 19.8. The molecule has 0 saturated heterocycles. The van der Waals surface area contributed by atoms with Gasteiger partial charge in [-0.25, -0.2) is 5.43 Å². The Kier molecular flexibility index (Phi) is 5.25. The zero-order chi connectivity index (χ0) is 17.7. The second-order valence-corrected chi connectivity index (χ2v) is 5.22. The molecule has 9 nitrogen and oxygen atoms in total. The second kappa shape index (κ2) is 7.36. The minimum atomic E-state index is -0.494. The number of carbonyl (C=O) groups is 1. The lowest BCUT2D eigenvalue weighted by Gasteiger charge is -2.03. The Hall–Kier alpha value is -3.23. The number of aryl methyl sites for hydroxylation is 1. The molecule has 3 N–H and O–H groups in total. The summed E-state index contributed by atoms with van der Waals surface area (Å²) in [6.45, 7) is 3.39. The van der Waals surface area contributed by atoms with E-state index >= 15 is 0 Å². The molecule has 0 saturated carbocycles. The summed E-state index contributed by atoms with van der Waals surface area (Å²) in [6, 6.07) is 5.98. The van der Waals surface area contributed by atoms with Crippen molar-refractivity contribution in [1.29, 1.82) is 0 Å². The molecule has 1 aromatic heterocycles. The maximum Gasteiger partial charge on any atom is 0.270 e. The highest BCUT2D eigenvalue weighted by Gasteiger charge is 2.10. The number of aromatic amines is 2. The van der Waals surface area contributed by atoms with Crippen molar-refractivity contribution < 1.29 is 9.72 Å². The van der Waals surface area contributed by atoms with Crippen LogP contribution in [0.25, 0.3) is 0 Å². The van der Waals surface area contributed by atoms with Crippen LogP contribution in [-0.2, 0) is 11.2 Å². The van der Waals surface area contributed by atoms with Gasteiger partial charge in [0.15, 0.2) is 0 Å². The first-order chi connectivity index (χ1) is 11.4. The highest BCUT2D eigenvalue weighted by Crippen LogP contribution is 2.13. The van der Waals surface area contributed by atoms with Gasteiger partial charge in [0.2, 0.25) is 5.91 Å². The largest absolute Gasteiger partial charge is 0.302 e. The number of amides is 1. The predicted molar refractivity (Wildman–Crippen MR) is 87.9 cm³/mol. The van der Waals surface area contributed by atoms with Crippen LogP contribution in [0.3, 0.4) is 0 Å². The molecule has 2 rings (SSSR count). The van der Waals surface area contributed by atoms with Crippen molar-refractivity contribution in [1.82, 2.24) is 15.6 Å². The third-order valence-corrected chi connectivity index (χ3v) is 3.52. The average Bonchev–Trinajstić information content (AvgIpc) is 2.89. The van der Waals surface area contributed by atoms with Crippen molar-refractivity contribution in [3.05, 3.63) is 61.6 Å². The van der Waals surface area contributed by atoms with Crippen LogP contribution in [-0.4, -0.2) is 26.7 Å². The topological polar surface area (TPSA) is 133 Å². The maximum atomic E-state index is 11.8. The first-order valence-corrected chi connectivity index (χ1v) is 7.22. The quantitative estimate of drug-likeness (QED) is 0.419. The smallest absolute Gasteiger partial charge is 0.270 e. The third kappa shape index (κ3) is 4.15. The minimum Gasteiger partial charge on any atom is -0.302 e. The van der Waals surface area contributed by atoms with Gasteiger partial charge in [0.25, 0.3) is 11.2 Å². The zero-order valence-electron chi connectivity index (χ0n) is 13.3. The van der Waals surface area contributed by atoms with Gasteiger partial charge in [-0.05, 0) is 20.3 Å². The van der Waals surface area contributed by atoms with Crippen LogP contribution in [0.2, 0.25) is 0 Å². The van der Waals surface area contributed by atoms with Gasteiger partial charge in [0, 0.05) is 35.4 Å². The summed E-state index contributed by atoms with van der Waals surface area (Å²) in [5.74, 6) is -0.347. The summed E-state index contributed by atoms with van der Waals surface area (Å²) in [7, 11) is 0. The molecule has 24 heavy (non-hydrogen) atoms. The van der Waals surface area contributed by atoms with Crippen molar-refractivity contribution in [2.75, 3.05) is 0 Å². The molecule has 0 aliphatic carbocycles. The van der Waals surface area contributed by atoms with E-state index in [9.17, 15) is 19.7 Å². The number of H-pyrrole nitrogens is 2. The summed E-state index contributed by atoms with van der Waals surface area (Å²) in [5.41, 5.74) is 4.32. The lowest BCUT2D eigenvalue weighted by atomic mass is 10.1. The summed E-state index contributed by atoms with van der Waals surface area (Å²) in [6.07, 6.45) is 0.398. The molecule has 2 aromatic rings. The Labute approximate surface area is 136 Å². The number of hydrazone groups is 1. The van der Waals surface area contributed by atoms with Gasteiger partial charge >= 0.3 is 0 Å². The van der Waals surface area contributed by atoms with Crippen molar-refractivity contribution in [2.24, 2.45) is 5.10 Å². The lowest BCUT2D eigenvalue weighted by molar-refractivity contribution is -0.384. The first kappa shape index (κ1) is 17.1. The van der Waals surface area contributed by atoms with Crippen LogP contribution >= 0.6 is 0 Å². The molecule has 0 spiro atoms. The van der Waals surface area contributed by atoms with E-state index in [0.717, 1.165) is 0 Å². The molecule has 1 heterocycles. The number of carbonyl (C=O) groups excluding carboxylic acids is 1. The van der Waals surface area contributed by atoms with Gasteiger partial charge in [-0.2, -0.15) is 5.10 Å². The number of non-ortho nitro benzene ring substituents is 1. The second-order valence-electron chi connectivity index (χ2n) is 5.22. The van der Waals surface area contributed by atoms with Crippen LogP contribution in [0.4, 0.5) is 5.69 Å². The van der Waals surface area contributed by atoms with Crippen molar-refractivity contribution in [2.45, 2.75) is 26.7 Å². The lowest BCUT2D eigenvalue weighted by Crippen LogP contribution is -2.20. The highest BCUT2D eigenvalue weighted by molar-refractivity contribution is 5.99. The standard InChI is InChI=1S/C15H17N5O4/c1-9(11-4-3-5-12(8-11)20(23)24)16-18-14(21)7-6-13-10(2)17-19-15(13)22/h3-5,8H,6-7H2,1-2H3,(H,18,21)(H2,17,19,22)/b16-9-. The van der Waals surface area contributed by atoms with Gasteiger partial charge in [-0.3, -0.25) is 24.8 Å². The Bertz CT molecular complexity index is 850. The number of nitro groups is 1. The Morgan fingerprint density at radius 2 is 2.12 bits per heavy atom. The molecule has 0 bridgehead atoms. The Morgan fingerprint density at radius 1 is 1.38 bits per heavy atom. The van der Waals surface area contributed by atoms with E-state index in [0.29, 0.717) is 29.0 Å². The van der Waals surface area contributed by atoms with Gasteiger partial charge in [-0.15, -0.1) is 0 Å². The molecule has 1 amide bonds. The number of nitrogens with one attached hydrogen (secondary N) is 3. The van der Waals surface area contributed by atoms with E-state index < -0.39 is 4.92 Å². The number of hydrogen-bond acceptors (Lipinski definition) is 5. The molecule has 1 aromatic carbocycles. The predicted octanol–water partition coefficient (Wildman–Crippen LogP) is 1.39. The molecule has 0 fully saturated rings. The van der Waals surface area contributed by atoms with Crippen LogP contribution in [0, 0.1) is 17.0 Å². The molecule has 9 heteroatoms. The summed E-state index contributed by atoms with van der Waals surface area (Å²) in [4.78, 5) is 33.6. The number of benzene rings is 1. The number of nitro benzene ring substituents is 1. The van der Waals surface area contributed by atoms with E-state index in [1.54, 1.807) is 26.0 Å². The van der Waals surface area contributed by atoms with E-state index in [1.165, 1.54) is 12.1 Å². The van der Waals surface area contributed by atoms with Crippen molar-refractivity contribution in [3.8, 4) is 0 Å². The fourth-order valence-electron chi connectivity index (χ4n) is 2.12. The Morgan fingerprint density at radius 3 is 2.75 bits per heavy atom. The van der Waals surface area contributed by atoms with Crippen LogP contribution in [0.1, 0.15) is 30.2 Å². The van der Waals surface area contributed by atoms with Gasteiger partial charge in [-0.1, -0.05) is 12.1 Å². The normalized spacial score (nSPS) is 11.3. The van der Waals surface area contributed by atoms with Crippen molar-refractivity contribution >= 4 is 17.3 Å². The number of hydrogen-bond donors (Lipinski definition) is 3. The molecular formula is C15H17N5O4. The summed E-state index contributed by atoms with van der Waals surface area (Å²) >= 11 is 0. The molecule has 0 unspecified atom stereocenters. The number of nitrogens with zero attached hydrogens (tertiary/aromatic N) is 2. The molecule has 0 radical (unpaired) electrons. The van der Waals surface area contributed by atoms with E-state index in [-0.39, 0.29) is 23.6 Å². The fourth-order valence-corrected chi connectivity index (χ4v) is 2.12.